The minimum atomic E-state index is 0.450. The highest BCUT2D eigenvalue weighted by atomic mass is 35.5. The third-order valence-electron chi connectivity index (χ3n) is 2.15. The van der Waals surface area contributed by atoms with Crippen molar-refractivity contribution in [3.63, 3.8) is 0 Å². The first-order chi connectivity index (χ1) is 7.22. The maximum atomic E-state index is 8.68. The van der Waals surface area contributed by atoms with Crippen molar-refractivity contribution in [3.05, 3.63) is 40.6 Å². The van der Waals surface area contributed by atoms with Crippen LogP contribution in [0.15, 0.2) is 39.9 Å². The molecular weight excluding hydrogens is 228 g/mol. The zero-order chi connectivity index (χ0) is 10.8. The summed E-state index contributed by atoms with van der Waals surface area (Å²) in [7, 11) is 0. The van der Waals surface area contributed by atoms with Crippen LogP contribution >= 0.6 is 24.2 Å². The van der Waals surface area contributed by atoms with E-state index in [0.29, 0.717) is 17.1 Å². The Labute approximate surface area is 98.3 Å². The summed E-state index contributed by atoms with van der Waals surface area (Å²) >= 11 is 10.3. The van der Waals surface area contributed by atoms with E-state index in [0.717, 1.165) is 16.2 Å². The highest BCUT2D eigenvalue weighted by molar-refractivity contribution is 7.80. The van der Waals surface area contributed by atoms with E-state index in [2.05, 4.69) is 17.6 Å². The lowest BCUT2D eigenvalue weighted by molar-refractivity contribution is 1.39. The first-order valence-electron chi connectivity index (χ1n) is 4.38. The Morgan fingerprint density at radius 2 is 2.27 bits per heavy atom. The lowest BCUT2D eigenvalue weighted by Crippen LogP contribution is -1.97. The lowest BCUT2D eigenvalue weighted by atomic mass is 10.1. The van der Waals surface area contributed by atoms with Gasteiger partial charge in [0.15, 0.2) is 0 Å². The molecule has 0 bridgehead atoms. The van der Waals surface area contributed by atoms with Gasteiger partial charge in [-0.3, -0.25) is 0 Å². The van der Waals surface area contributed by atoms with Gasteiger partial charge in [0.2, 0.25) is 0 Å². The van der Waals surface area contributed by atoms with Crippen molar-refractivity contribution in [2.45, 2.75) is 11.3 Å². The molecule has 0 saturated heterocycles. The number of hydrogen-bond acceptors (Lipinski definition) is 3. The van der Waals surface area contributed by atoms with Gasteiger partial charge in [-0.2, -0.15) is 5.26 Å². The summed E-state index contributed by atoms with van der Waals surface area (Å²) in [6, 6.07) is 7.59. The second kappa shape index (κ2) is 4.09. The van der Waals surface area contributed by atoms with Crippen LogP contribution in [0.4, 0.5) is 0 Å². The fourth-order valence-corrected chi connectivity index (χ4v) is 1.86. The van der Waals surface area contributed by atoms with Crippen LogP contribution in [0.25, 0.3) is 0 Å². The highest BCUT2D eigenvalue weighted by Gasteiger charge is 2.14. The second-order valence-electron chi connectivity index (χ2n) is 3.10. The normalized spacial score (nSPS) is 14.5. The molecule has 2 nitrogen and oxygen atoms in total. The van der Waals surface area contributed by atoms with E-state index < -0.39 is 0 Å². The molecule has 74 valence electrons. The minimum Gasteiger partial charge on any atom is -0.241 e. The largest absolute Gasteiger partial charge is 0.241 e. The van der Waals surface area contributed by atoms with Gasteiger partial charge in [0.05, 0.1) is 10.7 Å². The van der Waals surface area contributed by atoms with E-state index in [9.17, 15) is 0 Å². The highest BCUT2D eigenvalue weighted by Crippen LogP contribution is 2.27. The Bertz CT molecular complexity index is 512. The molecule has 0 spiro atoms. The predicted octanol–water partition coefficient (Wildman–Crippen LogP) is 3.23. The van der Waals surface area contributed by atoms with Crippen molar-refractivity contribution in [3.8, 4) is 6.07 Å². The van der Waals surface area contributed by atoms with Crippen LogP contribution in [0.5, 0.6) is 0 Å². The zero-order valence-electron chi connectivity index (χ0n) is 7.74. The molecule has 15 heavy (non-hydrogen) atoms. The number of halogens is 1. The molecule has 0 fully saturated rings. The maximum Gasteiger partial charge on any atom is 0.137 e. The summed E-state index contributed by atoms with van der Waals surface area (Å²) in [5.41, 5.74) is 2.13. The molecule has 0 unspecified atom stereocenters. The van der Waals surface area contributed by atoms with Gasteiger partial charge in [0.1, 0.15) is 11.8 Å². The molecule has 4 heteroatoms. The van der Waals surface area contributed by atoms with Gasteiger partial charge in [0.25, 0.3) is 0 Å². The fourth-order valence-electron chi connectivity index (χ4n) is 1.41. The number of rotatable bonds is 1. The standard InChI is InChI=1S/C11H7ClN2S/c12-11-8(2-1-3-10(11)15)9-5-4-7(6-13)14-9/h1-4,15H,5H2. The summed E-state index contributed by atoms with van der Waals surface area (Å²) in [4.78, 5) is 4.90. The van der Waals surface area contributed by atoms with Gasteiger partial charge in [-0.05, 0) is 12.1 Å². The lowest BCUT2D eigenvalue weighted by Gasteiger charge is -2.04. The SMILES string of the molecule is N#CC1=CCC(c2cccc(S)c2Cl)=N1. The average molecular weight is 235 g/mol. The van der Waals surface area contributed by atoms with Crippen molar-refractivity contribution in [2.75, 3.05) is 0 Å². The van der Waals surface area contributed by atoms with E-state index in [1.54, 1.807) is 6.08 Å². The molecule has 1 heterocycles. The van der Waals surface area contributed by atoms with Crippen LogP contribution in [-0.4, -0.2) is 5.71 Å². The number of benzene rings is 1. The molecule has 0 N–H and O–H groups in total. The molecule has 1 aliphatic heterocycles. The van der Waals surface area contributed by atoms with Crippen molar-refractivity contribution >= 4 is 29.9 Å². The number of allylic oxidation sites excluding steroid dienone is 2. The first kappa shape index (κ1) is 10.3. The van der Waals surface area contributed by atoms with Gasteiger partial charge in [-0.25, -0.2) is 4.99 Å². The molecule has 0 amide bonds. The van der Waals surface area contributed by atoms with Gasteiger partial charge in [-0.15, -0.1) is 12.6 Å². The van der Waals surface area contributed by atoms with Crippen LogP contribution < -0.4 is 0 Å². The molecule has 0 saturated carbocycles. The second-order valence-corrected chi connectivity index (χ2v) is 3.96. The smallest absolute Gasteiger partial charge is 0.137 e. The number of nitriles is 1. The predicted molar refractivity (Wildman–Crippen MR) is 63.6 cm³/mol. The number of aliphatic imine (C=N–C) groups is 1. The van der Waals surface area contributed by atoms with Crippen molar-refractivity contribution < 1.29 is 0 Å². The van der Waals surface area contributed by atoms with Crippen LogP contribution in [0.2, 0.25) is 5.02 Å². The van der Waals surface area contributed by atoms with Gasteiger partial charge in [0, 0.05) is 16.9 Å². The van der Waals surface area contributed by atoms with E-state index in [1.165, 1.54) is 0 Å². The minimum absolute atomic E-state index is 0.450. The molecule has 0 atom stereocenters. The van der Waals surface area contributed by atoms with Crippen LogP contribution in [0.3, 0.4) is 0 Å². The van der Waals surface area contributed by atoms with Crippen molar-refractivity contribution in [2.24, 2.45) is 4.99 Å². The van der Waals surface area contributed by atoms with E-state index in [-0.39, 0.29) is 0 Å². The molecule has 0 aliphatic carbocycles. The summed E-state index contributed by atoms with van der Waals surface area (Å²) < 4.78 is 0. The van der Waals surface area contributed by atoms with E-state index in [1.807, 2.05) is 24.3 Å². The Kier molecular flexibility index (Phi) is 2.81. The molecule has 0 radical (unpaired) electrons. The first-order valence-corrected chi connectivity index (χ1v) is 5.20. The molecule has 2 rings (SSSR count). The van der Waals surface area contributed by atoms with Crippen LogP contribution in [0.1, 0.15) is 12.0 Å². The molecule has 0 aromatic heterocycles. The Hall–Kier alpha value is -1.24. The third-order valence-corrected chi connectivity index (χ3v) is 3.06. The third kappa shape index (κ3) is 1.92. The summed E-state index contributed by atoms with van der Waals surface area (Å²) in [6.45, 7) is 0. The number of thiol groups is 1. The van der Waals surface area contributed by atoms with Crippen molar-refractivity contribution in [1.29, 1.82) is 5.26 Å². The Morgan fingerprint density at radius 1 is 1.47 bits per heavy atom. The van der Waals surface area contributed by atoms with E-state index in [4.69, 9.17) is 16.9 Å². The molecular formula is C11H7ClN2S. The van der Waals surface area contributed by atoms with Crippen LogP contribution in [-0.2, 0) is 0 Å². The molecule has 1 aromatic rings. The zero-order valence-corrected chi connectivity index (χ0v) is 9.39. The van der Waals surface area contributed by atoms with Crippen LogP contribution in [0, 0.1) is 11.3 Å². The maximum absolute atomic E-state index is 8.68. The van der Waals surface area contributed by atoms with Gasteiger partial charge in [-0.1, -0.05) is 23.7 Å². The van der Waals surface area contributed by atoms with E-state index >= 15 is 0 Å². The summed E-state index contributed by atoms with van der Waals surface area (Å²) in [6.07, 6.45) is 2.44. The molecule has 1 aliphatic rings. The number of hydrogen-bond donors (Lipinski definition) is 1. The topological polar surface area (TPSA) is 36.1 Å². The summed E-state index contributed by atoms with van der Waals surface area (Å²) in [5, 5.41) is 9.27. The average Bonchev–Trinajstić information content (AvgIpc) is 2.70. The van der Waals surface area contributed by atoms with Crippen molar-refractivity contribution in [1.82, 2.24) is 0 Å². The quantitative estimate of drug-likeness (QED) is 0.744. The van der Waals surface area contributed by atoms with Gasteiger partial charge >= 0.3 is 0 Å². The fraction of sp³-hybridized carbons (Fsp3) is 0.0909. The number of nitrogens with zero attached hydrogens (tertiary/aromatic N) is 2. The summed E-state index contributed by atoms with van der Waals surface area (Å²) in [5.74, 6) is 0. The Morgan fingerprint density at radius 3 is 2.93 bits per heavy atom. The van der Waals surface area contributed by atoms with Gasteiger partial charge < -0.3 is 0 Å². The monoisotopic (exact) mass is 234 g/mol. The Balaban J connectivity index is 2.42. The molecule has 1 aromatic carbocycles.